The van der Waals surface area contributed by atoms with E-state index in [2.05, 4.69) is 34.8 Å². The zero-order valence-corrected chi connectivity index (χ0v) is 21.2. The molecule has 3 atom stereocenters. The second-order valence-corrected chi connectivity index (χ2v) is 10.1. The van der Waals surface area contributed by atoms with Crippen LogP contribution in [0.15, 0.2) is 67.5 Å². The van der Waals surface area contributed by atoms with Crippen molar-refractivity contribution in [3.63, 3.8) is 0 Å². The van der Waals surface area contributed by atoms with Crippen molar-refractivity contribution in [2.75, 3.05) is 10.6 Å². The van der Waals surface area contributed by atoms with E-state index >= 15 is 0 Å². The molecule has 1 aliphatic carbocycles. The van der Waals surface area contributed by atoms with E-state index < -0.39 is 0 Å². The molecule has 0 bridgehead atoms. The van der Waals surface area contributed by atoms with E-state index in [1.807, 2.05) is 50.4 Å². The summed E-state index contributed by atoms with van der Waals surface area (Å²) in [5.74, 6) is 0.901. The monoisotopic (exact) mass is 517 g/mol. The van der Waals surface area contributed by atoms with Crippen molar-refractivity contribution in [3.8, 4) is 0 Å². The Bertz CT molecular complexity index is 1230. The lowest BCUT2D eigenvalue weighted by molar-refractivity contribution is 0.950. The van der Waals surface area contributed by atoms with Crippen molar-refractivity contribution < 1.29 is 0 Å². The maximum atomic E-state index is 6.60. The van der Waals surface area contributed by atoms with E-state index in [-0.39, 0.29) is 17.2 Å². The van der Waals surface area contributed by atoms with Gasteiger partial charge in [-0.05, 0) is 66.9 Å². The largest absolute Gasteiger partial charge is 0.359 e. The molecule has 3 nitrogen and oxygen atoms in total. The lowest BCUT2D eigenvalue weighted by Crippen LogP contribution is -2.05. The molecule has 3 unspecified atom stereocenters. The lowest BCUT2D eigenvalue weighted by atomic mass is 10.1. The molecule has 0 amide bonds. The van der Waals surface area contributed by atoms with E-state index in [0.29, 0.717) is 20.8 Å². The SMILES string of the molecule is C=C(Nc1ncc(C)cc1C)c1cc(NC(=C)C2C(Cl)C2c2cc(Cl)cc(Cl)c2)ccc1Cl. The van der Waals surface area contributed by atoms with Gasteiger partial charge < -0.3 is 10.6 Å². The Labute approximate surface area is 214 Å². The Morgan fingerprint density at radius 1 is 0.939 bits per heavy atom. The zero-order chi connectivity index (χ0) is 23.9. The van der Waals surface area contributed by atoms with Gasteiger partial charge in [0.05, 0.1) is 10.4 Å². The molecular weight excluding hydrogens is 496 g/mol. The van der Waals surface area contributed by atoms with Gasteiger partial charge >= 0.3 is 0 Å². The topological polar surface area (TPSA) is 37.0 Å². The molecule has 7 heteroatoms. The molecule has 0 saturated heterocycles. The normalized spacial score (nSPS) is 19.2. The van der Waals surface area contributed by atoms with Crippen LogP contribution in [-0.4, -0.2) is 10.4 Å². The zero-order valence-electron chi connectivity index (χ0n) is 18.2. The molecule has 3 aromatic rings. The smallest absolute Gasteiger partial charge is 0.133 e. The molecule has 1 heterocycles. The van der Waals surface area contributed by atoms with Crippen LogP contribution < -0.4 is 10.6 Å². The van der Waals surface area contributed by atoms with E-state index in [0.717, 1.165) is 39.5 Å². The predicted molar refractivity (Wildman–Crippen MR) is 143 cm³/mol. The van der Waals surface area contributed by atoms with Crippen LogP contribution in [0.4, 0.5) is 11.5 Å². The van der Waals surface area contributed by atoms with Crippen LogP contribution in [0.5, 0.6) is 0 Å². The Morgan fingerprint density at radius 2 is 1.64 bits per heavy atom. The summed E-state index contributed by atoms with van der Waals surface area (Å²) in [5.41, 5.74) is 6.23. The van der Waals surface area contributed by atoms with Gasteiger partial charge in [0, 0.05) is 50.7 Å². The number of alkyl halides is 1. The molecule has 1 aliphatic rings. The summed E-state index contributed by atoms with van der Waals surface area (Å²) in [7, 11) is 0. The highest BCUT2D eigenvalue weighted by Gasteiger charge is 2.51. The number of hydrogen-bond acceptors (Lipinski definition) is 3. The number of rotatable bonds is 7. The summed E-state index contributed by atoms with van der Waals surface area (Å²) < 4.78 is 0. The first-order chi connectivity index (χ1) is 15.6. The predicted octanol–water partition coefficient (Wildman–Crippen LogP) is 8.69. The first-order valence-electron chi connectivity index (χ1n) is 10.4. The number of halogens is 4. The summed E-state index contributed by atoms with van der Waals surface area (Å²) in [5, 5.41) is 8.34. The van der Waals surface area contributed by atoms with Crippen LogP contribution in [0, 0.1) is 19.8 Å². The minimum atomic E-state index is -0.0847. The third kappa shape index (κ3) is 5.33. The van der Waals surface area contributed by atoms with Crippen molar-refractivity contribution in [2.24, 2.45) is 5.92 Å². The maximum Gasteiger partial charge on any atom is 0.133 e. The first-order valence-corrected chi connectivity index (χ1v) is 12.0. The van der Waals surface area contributed by atoms with Gasteiger partial charge in [0.25, 0.3) is 0 Å². The van der Waals surface area contributed by atoms with Crippen molar-refractivity contribution in [1.82, 2.24) is 4.98 Å². The molecule has 0 spiro atoms. The molecule has 1 fully saturated rings. The van der Waals surface area contributed by atoms with Crippen molar-refractivity contribution >= 4 is 63.6 Å². The maximum absolute atomic E-state index is 6.60. The summed E-state index contributed by atoms with van der Waals surface area (Å²) in [4.78, 5) is 4.45. The Morgan fingerprint density at radius 3 is 2.30 bits per heavy atom. The van der Waals surface area contributed by atoms with E-state index in [4.69, 9.17) is 46.4 Å². The molecule has 2 N–H and O–H groups in total. The van der Waals surface area contributed by atoms with Crippen LogP contribution in [0.3, 0.4) is 0 Å². The van der Waals surface area contributed by atoms with E-state index in [1.165, 1.54) is 0 Å². The van der Waals surface area contributed by atoms with Crippen LogP contribution in [0.2, 0.25) is 15.1 Å². The average Bonchev–Trinajstić information content (AvgIpc) is 3.42. The fraction of sp³-hybridized carbons (Fsp3) is 0.192. The van der Waals surface area contributed by atoms with Crippen LogP contribution in [-0.2, 0) is 0 Å². The van der Waals surface area contributed by atoms with Gasteiger partial charge in [-0.2, -0.15) is 0 Å². The molecule has 33 heavy (non-hydrogen) atoms. The van der Waals surface area contributed by atoms with Crippen LogP contribution in [0.25, 0.3) is 5.70 Å². The fourth-order valence-corrected chi connectivity index (χ4v) is 5.30. The highest BCUT2D eigenvalue weighted by atomic mass is 35.5. The van der Waals surface area contributed by atoms with Crippen LogP contribution >= 0.6 is 46.4 Å². The number of pyridine rings is 1. The molecule has 170 valence electrons. The fourth-order valence-electron chi connectivity index (χ4n) is 4.00. The minimum Gasteiger partial charge on any atom is -0.359 e. The molecule has 1 saturated carbocycles. The molecule has 1 aromatic heterocycles. The highest BCUT2D eigenvalue weighted by molar-refractivity contribution is 6.34. The summed E-state index contributed by atoms with van der Waals surface area (Å²) in [6.07, 6.45) is 1.81. The van der Waals surface area contributed by atoms with Gasteiger partial charge in [-0.25, -0.2) is 4.98 Å². The van der Waals surface area contributed by atoms with Crippen molar-refractivity contribution in [1.29, 1.82) is 0 Å². The van der Waals surface area contributed by atoms with E-state index in [1.54, 1.807) is 6.07 Å². The van der Waals surface area contributed by atoms with Gasteiger partial charge in [0.1, 0.15) is 5.82 Å². The van der Waals surface area contributed by atoms with Gasteiger partial charge in [-0.15, -0.1) is 11.6 Å². The van der Waals surface area contributed by atoms with Crippen molar-refractivity contribution in [3.05, 3.63) is 105 Å². The third-order valence-electron chi connectivity index (χ3n) is 5.68. The Balaban J connectivity index is 1.48. The summed E-state index contributed by atoms with van der Waals surface area (Å²) in [6, 6.07) is 13.2. The number of allylic oxidation sites excluding steroid dienone is 1. The quantitative estimate of drug-likeness (QED) is 0.307. The second-order valence-electron chi connectivity index (χ2n) is 8.33. The molecule has 2 aromatic carbocycles. The third-order valence-corrected chi connectivity index (χ3v) is 6.99. The lowest BCUT2D eigenvalue weighted by Gasteiger charge is -2.16. The number of nitrogens with zero attached hydrogens (tertiary/aromatic N) is 1. The van der Waals surface area contributed by atoms with Gasteiger partial charge in [0.15, 0.2) is 0 Å². The standard InChI is InChI=1S/C26H23Cl4N3/c1-13-7-14(2)26(31-12-13)33-15(3)21-11-20(5-6-22(21)29)32-16(4)23-24(25(23)30)17-8-18(27)10-19(28)9-17/h5-12,23-25,32H,3-4H2,1-2H3,(H,31,33). The van der Waals surface area contributed by atoms with Gasteiger partial charge in [0.2, 0.25) is 0 Å². The Hall–Kier alpha value is -2.17. The van der Waals surface area contributed by atoms with Gasteiger partial charge in [-0.3, -0.25) is 0 Å². The van der Waals surface area contributed by atoms with Gasteiger partial charge in [-0.1, -0.05) is 54.0 Å². The van der Waals surface area contributed by atoms with Crippen LogP contribution in [0.1, 0.15) is 28.2 Å². The second kappa shape index (κ2) is 9.60. The average molecular weight is 519 g/mol. The first kappa shape index (κ1) is 24.0. The Kier molecular flexibility index (Phi) is 6.97. The summed E-state index contributed by atoms with van der Waals surface area (Å²) >= 11 is 25.4. The molecular formula is C26H23Cl4N3. The number of anilines is 2. The number of nitrogens with one attached hydrogen (secondary N) is 2. The van der Waals surface area contributed by atoms with Crippen molar-refractivity contribution in [2.45, 2.75) is 25.1 Å². The number of aryl methyl sites for hydroxylation is 2. The van der Waals surface area contributed by atoms with E-state index in [9.17, 15) is 0 Å². The number of aromatic nitrogens is 1. The highest BCUT2D eigenvalue weighted by Crippen LogP contribution is 2.55. The molecule has 0 aliphatic heterocycles. The molecule has 4 rings (SSSR count). The minimum absolute atomic E-state index is 0.0565. The summed E-state index contributed by atoms with van der Waals surface area (Å²) in [6.45, 7) is 12.4. The molecule has 0 radical (unpaired) electrons. The number of benzene rings is 2. The number of hydrogen-bond donors (Lipinski definition) is 2.